The molecule has 0 bridgehead atoms. The molecular weight excluding hydrogens is 330 g/mol. The summed E-state index contributed by atoms with van der Waals surface area (Å²) in [7, 11) is 0. The third-order valence-electron chi connectivity index (χ3n) is 4.73. The molecule has 2 atom stereocenters. The highest BCUT2D eigenvalue weighted by Gasteiger charge is 2.31. The highest BCUT2D eigenvalue weighted by molar-refractivity contribution is 7.99. The van der Waals surface area contributed by atoms with Crippen LogP contribution in [0.2, 0.25) is 0 Å². The lowest BCUT2D eigenvalue weighted by atomic mass is 9.80. The fraction of sp³-hybridized carbons (Fsp3) is 0.810. The number of unbranched alkanes of at least 4 members (excludes halogenated alkanes) is 3. The largest absolute Gasteiger partial charge is 0.511 e. The second-order valence-corrected chi connectivity index (χ2v) is 8.88. The molecule has 3 nitrogen and oxygen atoms in total. The third kappa shape index (κ3) is 7.98. The lowest BCUT2D eigenvalue weighted by molar-refractivity contribution is -0.116. The molecule has 144 valence electrons. The molecule has 25 heavy (non-hydrogen) atoms. The Morgan fingerprint density at radius 1 is 1.20 bits per heavy atom. The van der Waals surface area contributed by atoms with Gasteiger partial charge < -0.3 is 5.11 Å². The van der Waals surface area contributed by atoms with Crippen LogP contribution in [0.3, 0.4) is 0 Å². The number of aliphatic imine (C=N–C) groups is 1. The predicted molar refractivity (Wildman–Crippen MR) is 111 cm³/mol. The molecule has 0 amide bonds. The number of allylic oxidation sites excluding steroid dienone is 2. The van der Waals surface area contributed by atoms with E-state index in [1.807, 2.05) is 18.7 Å². The summed E-state index contributed by atoms with van der Waals surface area (Å²) in [5, 5.41) is 11.0. The van der Waals surface area contributed by atoms with Gasteiger partial charge in [-0.1, -0.05) is 47.0 Å². The van der Waals surface area contributed by atoms with Gasteiger partial charge in [0, 0.05) is 30.3 Å². The SMILES string of the molecule is CCCCCCN=C1CC(CC(C)SCC)CC(=O)/C1=C(\O)CCC. The number of aliphatic hydroxyl groups excluding tert-OH is 1. The van der Waals surface area contributed by atoms with Crippen LogP contribution in [0.5, 0.6) is 0 Å². The Balaban J connectivity index is 2.85. The van der Waals surface area contributed by atoms with E-state index in [9.17, 15) is 9.90 Å². The predicted octanol–water partition coefficient (Wildman–Crippen LogP) is 6.13. The number of carbonyl (C=O) groups is 1. The first-order valence-electron chi connectivity index (χ1n) is 10.1. The number of hydrogen-bond acceptors (Lipinski definition) is 4. The molecule has 0 aromatic rings. The molecule has 4 heteroatoms. The summed E-state index contributed by atoms with van der Waals surface area (Å²) >= 11 is 1.96. The molecule has 1 N–H and O–H groups in total. The van der Waals surface area contributed by atoms with Crippen molar-refractivity contribution in [2.75, 3.05) is 12.3 Å². The summed E-state index contributed by atoms with van der Waals surface area (Å²) < 4.78 is 0. The molecule has 0 radical (unpaired) electrons. The zero-order valence-corrected chi connectivity index (χ0v) is 17.5. The summed E-state index contributed by atoms with van der Waals surface area (Å²) in [6, 6.07) is 0. The van der Waals surface area contributed by atoms with Gasteiger partial charge in [0.15, 0.2) is 5.78 Å². The first-order valence-corrected chi connectivity index (χ1v) is 11.2. The minimum Gasteiger partial charge on any atom is -0.511 e. The number of carbonyl (C=O) groups excluding carboxylic acids is 1. The van der Waals surface area contributed by atoms with E-state index < -0.39 is 0 Å². The molecule has 0 aromatic carbocycles. The van der Waals surface area contributed by atoms with Crippen molar-refractivity contribution in [3.05, 3.63) is 11.3 Å². The molecule has 1 aliphatic rings. The Hall–Kier alpha value is -0.770. The van der Waals surface area contributed by atoms with Gasteiger partial charge in [-0.3, -0.25) is 9.79 Å². The number of nitrogens with zero attached hydrogens (tertiary/aromatic N) is 1. The van der Waals surface area contributed by atoms with E-state index in [1.54, 1.807) is 0 Å². The van der Waals surface area contributed by atoms with E-state index in [0.29, 0.717) is 29.6 Å². The monoisotopic (exact) mass is 367 g/mol. The Morgan fingerprint density at radius 2 is 1.96 bits per heavy atom. The molecule has 1 saturated carbocycles. The summed E-state index contributed by atoms with van der Waals surface area (Å²) in [5.74, 6) is 1.84. The molecule has 0 aromatic heterocycles. The van der Waals surface area contributed by atoms with Gasteiger partial charge in [-0.05, 0) is 37.4 Å². The second kappa shape index (κ2) is 12.6. The van der Waals surface area contributed by atoms with Crippen LogP contribution in [-0.4, -0.2) is 34.1 Å². The van der Waals surface area contributed by atoms with Crippen LogP contribution in [0.15, 0.2) is 16.3 Å². The lowest BCUT2D eigenvalue weighted by Crippen LogP contribution is -2.29. The van der Waals surface area contributed by atoms with Crippen molar-refractivity contribution < 1.29 is 9.90 Å². The van der Waals surface area contributed by atoms with E-state index in [1.165, 1.54) is 19.3 Å². The second-order valence-electron chi connectivity index (χ2n) is 7.16. The van der Waals surface area contributed by atoms with Crippen molar-refractivity contribution in [3.63, 3.8) is 0 Å². The van der Waals surface area contributed by atoms with Gasteiger partial charge in [-0.15, -0.1) is 0 Å². The van der Waals surface area contributed by atoms with E-state index in [0.717, 1.165) is 43.7 Å². The van der Waals surface area contributed by atoms with Crippen LogP contribution in [0.4, 0.5) is 0 Å². The van der Waals surface area contributed by atoms with E-state index in [2.05, 4.69) is 20.8 Å². The third-order valence-corrected chi connectivity index (χ3v) is 5.82. The zero-order valence-electron chi connectivity index (χ0n) is 16.6. The number of ketones is 1. The van der Waals surface area contributed by atoms with Gasteiger partial charge in [-0.2, -0.15) is 11.8 Å². The van der Waals surface area contributed by atoms with Crippen LogP contribution >= 0.6 is 11.8 Å². The summed E-state index contributed by atoms with van der Waals surface area (Å²) in [6.45, 7) is 9.44. The number of thioether (sulfide) groups is 1. The van der Waals surface area contributed by atoms with Crippen molar-refractivity contribution in [1.82, 2.24) is 0 Å². The molecular formula is C21H37NO2S. The summed E-state index contributed by atoms with van der Waals surface area (Å²) in [5.41, 5.74) is 1.42. The topological polar surface area (TPSA) is 49.7 Å². The average molecular weight is 368 g/mol. The first kappa shape index (κ1) is 22.3. The maximum atomic E-state index is 12.7. The van der Waals surface area contributed by atoms with Crippen molar-refractivity contribution in [2.24, 2.45) is 10.9 Å². The molecule has 1 fully saturated rings. The quantitative estimate of drug-likeness (QED) is 0.271. The Labute approximate surface area is 158 Å². The van der Waals surface area contributed by atoms with E-state index >= 15 is 0 Å². The normalized spacial score (nSPS) is 23.1. The Kier molecular flexibility index (Phi) is 11.2. The lowest BCUT2D eigenvalue weighted by Gasteiger charge is -2.27. The molecule has 1 aliphatic carbocycles. The van der Waals surface area contributed by atoms with Crippen LogP contribution in [0.1, 0.15) is 85.5 Å². The molecule has 0 heterocycles. The van der Waals surface area contributed by atoms with Gasteiger partial charge >= 0.3 is 0 Å². The smallest absolute Gasteiger partial charge is 0.168 e. The maximum Gasteiger partial charge on any atom is 0.168 e. The van der Waals surface area contributed by atoms with Gasteiger partial charge in [0.2, 0.25) is 0 Å². The van der Waals surface area contributed by atoms with Crippen LogP contribution in [0, 0.1) is 5.92 Å². The van der Waals surface area contributed by atoms with Crippen molar-refractivity contribution >= 4 is 23.3 Å². The molecule has 0 saturated heterocycles. The molecule has 2 unspecified atom stereocenters. The minimum atomic E-state index is 0.100. The zero-order chi connectivity index (χ0) is 18.7. The number of hydrogen-bond donors (Lipinski definition) is 1. The summed E-state index contributed by atoms with van der Waals surface area (Å²) in [4.78, 5) is 17.5. The number of rotatable bonds is 11. The molecule has 0 aliphatic heterocycles. The van der Waals surface area contributed by atoms with Crippen molar-refractivity contribution in [3.8, 4) is 0 Å². The summed E-state index contributed by atoms with van der Waals surface area (Å²) in [6.07, 6.45) is 8.59. The Morgan fingerprint density at radius 3 is 2.60 bits per heavy atom. The molecule has 0 spiro atoms. The average Bonchev–Trinajstić information content (AvgIpc) is 2.54. The number of Topliss-reactive ketones (excluding diaryl/α,β-unsaturated/α-hetero) is 1. The van der Waals surface area contributed by atoms with Gasteiger partial charge in [-0.25, -0.2) is 0 Å². The number of aliphatic hydroxyl groups is 1. The maximum absolute atomic E-state index is 12.7. The first-order chi connectivity index (χ1) is 12.0. The van der Waals surface area contributed by atoms with Crippen molar-refractivity contribution in [2.45, 2.75) is 90.7 Å². The Bertz CT molecular complexity index is 471. The van der Waals surface area contributed by atoms with Crippen molar-refractivity contribution in [1.29, 1.82) is 0 Å². The standard InChI is InChI=1S/C21H37NO2S/c1-5-8-9-10-12-22-18-14-17(13-16(4)25-7-3)15-20(24)21(18)19(23)11-6-2/h16-17,23H,5-15H2,1-4H3/b21-19-,22-18?. The fourth-order valence-corrected chi connectivity index (χ4v) is 4.52. The van der Waals surface area contributed by atoms with E-state index in [4.69, 9.17) is 4.99 Å². The van der Waals surface area contributed by atoms with Crippen LogP contribution in [0.25, 0.3) is 0 Å². The fourth-order valence-electron chi connectivity index (χ4n) is 3.55. The van der Waals surface area contributed by atoms with Gasteiger partial charge in [0.05, 0.1) is 5.57 Å². The minimum absolute atomic E-state index is 0.100. The van der Waals surface area contributed by atoms with Gasteiger partial charge in [0.25, 0.3) is 0 Å². The highest BCUT2D eigenvalue weighted by Crippen LogP contribution is 2.32. The van der Waals surface area contributed by atoms with Gasteiger partial charge in [0.1, 0.15) is 5.76 Å². The van der Waals surface area contributed by atoms with Crippen LogP contribution < -0.4 is 0 Å². The van der Waals surface area contributed by atoms with E-state index in [-0.39, 0.29) is 11.5 Å². The van der Waals surface area contributed by atoms with Crippen LogP contribution in [-0.2, 0) is 4.79 Å². The highest BCUT2D eigenvalue weighted by atomic mass is 32.2. The molecule has 1 rings (SSSR count).